The standard InChI is InChI=1S/C25H35N3O.2ClH/c1-26-17-14-22(20-21-10-6-4-7-11-21)24(29)28-18-15-25(16-19-28,27(2)3)23-12-8-5-9-13-23;;/h4-13,22,26H,14-20H2,1-3H3;2*1H. The van der Waals surface area contributed by atoms with Gasteiger partial charge in [-0.1, -0.05) is 60.7 Å². The molecule has 1 heterocycles. The van der Waals surface area contributed by atoms with Crippen LogP contribution >= 0.6 is 24.8 Å². The molecule has 1 aliphatic rings. The molecule has 1 atom stereocenters. The topological polar surface area (TPSA) is 35.6 Å². The lowest BCUT2D eigenvalue weighted by molar-refractivity contribution is -0.138. The van der Waals surface area contributed by atoms with E-state index in [1.165, 1.54) is 11.1 Å². The van der Waals surface area contributed by atoms with Crippen molar-refractivity contribution < 1.29 is 4.79 Å². The number of halogens is 2. The first-order valence-electron chi connectivity index (χ1n) is 10.8. The van der Waals surface area contributed by atoms with Gasteiger partial charge in [-0.15, -0.1) is 24.8 Å². The Balaban J connectivity index is 0.00000240. The van der Waals surface area contributed by atoms with Crippen molar-refractivity contribution >= 4 is 30.7 Å². The maximum atomic E-state index is 13.4. The van der Waals surface area contributed by atoms with Crippen molar-refractivity contribution in [3.8, 4) is 0 Å². The minimum absolute atomic E-state index is 0. The van der Waals surface area contributed by atoms with Crippen LogP contribution in [0.4, 0.5) is 0 Å². The number of nitrogens with one attached hydrogen (secondary N) is 1. The van der Waals surface area contributed by atoms with E-state index in [4.69, 9.17) is 0 Å². The Kier molecular flexibility index (Phi) is 11.6. The second-order valence-electron chi connectivity index (χ2n) is 8.40. The van der Waals surface area contributed by atoms with E-state index in [2.05, 4.69) is 83.8 Å². The first kappa shape index (κ1) is 27.4. The summed E-state index contributed by atoms with van der Waals surface area (Å²) in [5, 5.41) is 3.21. The van der Waals surface area contributed by atoms with E-state index in [9.17, 15) is 4.79 Å². The molecule has 0 spiro atoms. The average molecular weight is 466 g/mol. The zero-order valence-corrected chi connectivity index (χ0v) is 20.6. The van der Waals surface area contributed by atoms with Crippen LogP contribution in [0.25, 0.3) is 0 Å². The smallest absolute Gasteiger partial charge is 0.226 e. The number of hydrogen-bond donors (Lipinski definition) is 1. The molecule has 1 saturated heterocycles. The summed E-state index contributed by atoms with van der Waals surface area (Å²) in [5.74, 6) is 0.345. The van der Waals surface area contributed by atoms with E-state index in [1.807, 2.05) is 13.1 Å². The summed E-state index contributed by atoms with van der Waals surface area (Å²) < 4.78 is 0. The van der Waals surface area contributed by atoms with Gasteiger partial charge in [0, 0.05) is 24.5 Å². The number of piperidine rings is 1. The van der Waals surface area contributed by atoms with Crippen molar-refractivity contribution in [2.24, 2.45) is 5.92 Å². The summed E-state index contributed by atoms with van der Waals surface area (Å²) in [6.45, 7) is 2.50. The van der Waals surface area contributed by atoms with Crippen LogP contribution in [0.3, 0.4) is 0 Å². The minimum Gasteiger partial charge on any atom is -0.342 e. The number of nitrogens with zero attached hydrogens (tertiary/aromatic N) is 2. The van der Waals surface area contributed by atoms with Gasteiger partial charge in [-0.2, -0.15) is 0 Å². The molecule has 31 heavy (non-hydrogen) atoms. The van der Waals surface area contributed by atoms with Gasteiger partial charge < -0.3 is 10.2 Å². The van der Waals surface area contributed by atoms with Gasteiger partial charge in [-0.3, -0.25) is 9.69 Å². The van der Waals surface area contributed by atoms with Gasteiger partial charge >= 0.3 is 0 Å². The number of likely N-dealkylation sites (tertiary alicyclic amines) is 1. The molecule has 1 amide bonds. The fraction of sp³-hybridized carbons (Fsp3) is 0.480. The summed E-state index contributed by atoms with van der Waals surface area (Å²) in [7, 11) is 6.28. The molecule has 0 aliphatic carbocycles. The molecule has 0 aromatic heterocycles. The van der Waals surface area contributed by atoms with Crippen molar-refractivity contribution in [1.29, 1.82) is 0 Å². The first-order valence-corrected chi connectivity index (χ1v) is 10.8. The highest BCUT2D eigenvalue weighted by Gasteiger charge is 2.40. The third-order valence-electron chi connectivity index (χ3n) is 6.49. The van der Waals surface area contributed by atoms with Gasteiger partial charge in [0.05, 0.1) is 0 Å². The Morgan fingerprint density at radius 1 is 1.00 bits per heavy atom. The molecular formula is C25H37Cl2N3O. The zero-order valence-electron chi connectivity index (χ0n) is 18.9. The quantitative estimate of drug-likeness (QED) is 0.628. The van der Waals surface area contributed by atoms with Crippen LogP contribution in [-0.2, 0) is 16.8 Å². The molecule has 4 nitrogen and oxygen atoms in total. The van der Waals surface area contributed by atoms with E-state index in [1.54, 1.807) is 0 Å². The van der Waals surface area contributed by atoms with Crippen molar-refractivity contribution in [2.45, 2.75) is 31.2 Å². The van der Waals surface area contributed by atoms with Gasteiger partial charge in [0.15, 0.2) is 0 Å². The summed E-state index contributed by atoms with van der Waals surface area (Å²) in [6, 6.07) is 21.2. The second kappa shape index (κ2) is 13.1. The predicted molar refractivity (Wildman–Crippen MR) is 134 cm³/mol. The largest absolute Gasteiger partial charge is 0.342 e. The van der Waals surface area contributed by atoms with Gasteiger partial charge in [0.25, 0.3) is 0 Å². The fourth-order valence-corrected chi connectivity index (χ4v) is 4.63. The van der Waals surface area contributed by atoms with Gasteiger partial charge in [-0.25, -0.2) is 0 Å². The molecule has 6 heteroatoms. The molecule has 0 saturated carbocycles. The SMILES string of the molecule is CNCCC(Cc1ccccc1)C(=O)N1CCC(c2ccccc2)(N(C)C)CC1.Cl.Cl. The summed E-state index contributed by atoms with van der Waals surface area (Å²) in [6.07, 6.45) is 3.63. The monoisotopic (exact) mass is 465 g/mol. The molecule has 2 aromatic rings. The molecule has 2 aromatic carbocycles. The Hall–Kier alpha value is -1.59. The van der Waals surface area contributed by atoms with E-state index in [0.717, 1.165) is 45.3 Å². The third kappa shape index (κ3) is 6.69. The van der Waals surface area contributed by atoms with E-state index < -0.39 is 0 Å². The van der Waals surface area contributed by atoms with Crippen molar-refractivity contribution in [2.75, 3.05) is 40.8 Å². The lowest BCUT2D eigenvalue weighted by atomic mass is 9.79. The third-order valence-corrected chi connectivity index (χ3v) is 6.49. The summed E-state index contributed by atoms with van der Waals surface area (Å²) in [4.78, 5) is 17.9. The molecule has 1 unspecified atom stereocenters. The molecule has 1 aliphatic heterocycles. The van der Waals surface area contributed by atoms with E-state index in [-0.39, 0.29) is 36.3 Å². The number of carbonyl (C=O) groups is 1. The van der Waals surface area contributed by atoms with Crippen LogP contribution in [0.5, 0.6) is 0 Å². The number of hydrogen-bond acceptors (Lipinski definition) is 3. The second-order valence-corrected chi connectivity index (χ2v) is 8.40. The number of rotatable bonds is 8. The Labute approximate surface area is 200 Å². The van der Waals surface area contributed by atoms with Crippen LogP contribution in [-0.4, -0.2) is 56.5 Å². The van der Waals surface area contributed by atoms with Crippen molar-refractivity contribution in [3.63, 3.8) is 0 Å². The summed E-state index contributed by atoms with van der Waals surface area (Å²) >= 11 is 0. The average Bonchev–Trinajstić information content (AvgIpc) is 2.77. The molecule has 3 rings (SSSR count). The van der Waals surface area contributed by atoms with Gasteiger partial charge in [-0.05, 0) is 64.5 Å². The highest BCUT2D eigenvalue weighted by Crippen LogP contribution is 2.37. The van der Waals surface area contributed by atoms with E-state index in [0.29, 0.717) is 5.91 Å². The highest BCUT2D eigenvalue weighted by atomic mass is 35.5. The lowest BCUT2D eigenvalue weighted by Crippen LogP contribution is -2.53. The molecule has 172 valence electrons. The summed E-state index contributed by atoms with van der Waals surface area (Å²) in [5.41, 5.74) is 2.61. The van der Waals surface area contributed by atoms with Gasteiger partial charge in [0.1, 0.15) is 0 Å². The number of amides is 1. The Bertz CT molecular complexity index is 763. The van der Waals surface area contributed by atoms with Crippen molar-refractivity contribution in [3.05, 3.63) is 71.8 Å². The van der Waals surface area contributed by atoms with Crippen LogP contribution in [0.2, 0.25) is 0 Å². The maximum Gasteiger partial charge on any atom is 0.226 e. The molecule has 1 fully saturated rings. The van der Waals surface area contributed by atoms with Crippen LogP contribution in [0, 0.1) is 5.92 Å². The molecule has 0 bridgehead atoms. The number of carbonyl (C=O) groups excluding carboxylic acids is 1. The zero-order chi connectivity index (χ0) is 20.7. The minimum atomic E-state index is 0. The highest BCUT2D eigenvalue weighted by molar-refractivity contribution is 5.85. The van der Waals surface area contributed by atoms with E-state index >= 15 is 0 Å². The lowest BCUT2D eigenvalue weighted by Gasteiger charge is -2.47. The molecule has 1 N–H and O–H groups in total. The fourth-order valence-electron chi connectivity index (χ4n) is 4.63. The predicted octanol–water partition coefficient (Wildman–Crippen LogP) is 4.38. The molecular weight excluding hydrogens is 429 g/mol. The first-order chi connectivity index (χ1) is 14.1. The van der Waals surface area contributed by atoms with Crippen LogP contribution in [0.1, 0.15) is 30.4 Å². The van der Waals surface area contributed by atoms with Crippen LogP contribution < -0.4 is 5.32 Å². The normalized spacial score (nSPS) is 16.2. The van der Waals surface area contributed by atoms with Crippen molar-refractivity contribution in [1.82, 2.24) is 15.1 Å². The van der Waals surface area contributed by atoms with Crippen LogP contribution in [0.15, 0.2) is 60.7 Å². The number of benzene rings is 2. The Morgan fingerprint density at radius 3 is 2.06 bits per heavy atom. The Morgan fingerprint density at radius 2 is 1.55 bits per heavy atom. The maximum absolute atomic E-state index is 13.4. The molecule has 0 radical (unpaired) electrons. The van der Waals surface area contributed by atoms with Gasteiger partial charge in [0.2, 0.25) is 5.91 Å².